The molecule has 0 spiro atoms. The molecular formula is C22H17BrN2O. The molecule has 0 aliphatic carbocycles. The molecule has 3 aromatic rings. The van der Waals surface area contributed by atoms with Crippen LogP contribution in [0.25, 0.3) is 0 Å². The Morgan fingerprint density at radius 3 is 2.42 bits per heavy atom. The van der Waals surface area contributed by atoms with E-state index in [0.717, 1.165) is 27.2 Å². The number of para-hydroxylation sites is 1. The van der Waals surface area contributed by atoms with Gasteiger partial charge in [-0.25, -0.2) is 0 Å². The van der Waals surface area contributed by atoms with Crippen LogP contribution in [0.1, 0.15) is 17.2 Å². The van der Waals surface area contributed by atoms with Crippen molar-refractivity contribution in [1.29, 1.82) is 0 Å². The maximum absolute atomic E-state index is 6.10. The largest absolute Gasteiger partial charge is 0.492 e. The van der Waals surface area contributed by atoms with Crippen LogP contribution in [0.3, 0.4) is 0 Å². The molecule has 2 aliphatic heterocycles. The zero-order valence-electron chi connectivity index (χ0n) is 14.0. The average Bonchev–Trinajstić information content (AvgIpc) is 3.09. The molecule has 2 aliphatic rings. The van der Waals surface area contributed by atoms with Crippen molar-refractivity contribution in [2.75, 3.05) is 11.6 Å². The van der Waals surface area contributed by atoms with Crippen LogP contribution in [0.2, 0.25) is 0 Å². The summed E-state index contributed by atoms with van der Waals surface area (Å²) >= 11 is 3.61. The van der Waals surface area contributed by atoms with Crippen LogP contribution >= 0.6 is 15.9 Å². The van der Waals surface area contributed by atoms with E-state index in [1.54, 1.807) is 0 Å². The fourth-order valence-electron chi connectivity index (χ4n) is 3.83. The van der Waals surface area contributed by atoms with E-state index in [9.17, 15) is 0 Å². The number of ether oxygens (including phenoxy) is 1. The number of hydrogen-bond acceptors (Lipinski definition) is 3. The lowest BCUT2D eigenvalue weighted by molar-refractivity contribution is 0.239. The van der Waals surface area contributed by atoms with Crippen molar-refractivity contribution in [2.45, 2.75) is 6.04 Å². The van der Waals surface area contributed by atoms with E-state index in [1.165, 1.54) is 5.56 Å². The molecule has 0 N–H and O–H groups in total. The number of anilines is 1. The normalized spacial score (nSPS) is 20.8. The molecule has 2 heterocycles. The molecule has 3 nitrogen and oxygen atoms in total. The van der Waals surface area contributed by atoms with Crippen molar-refractivity contribution in [3.05, 3.63) is 94.5 Å². The van der Waals surface area contributed by atoms with Gasteiger partial charge in [0, 0.05) is 10.0 Å². The first kappa shape index (κ1) is 15.6. The third-order valence-corrected chi connectivity index (χ3v) is 5.50. The highest BCUT2D eigenvalue weighted by molar-refractivity contribution is 9.10. The highest BCUT2D eigenvalue weighted by atomic mass is 79.9. The fourth-order valence-corrected chi connectivity index (χ4v) is 4.21. The van der Waals surface area contributed by atoms with Gasteiger partial charge in [0.05, 0.1) is 30.0 Å². The van der Waals surface area contributed by atoms with Gasteiger partial charge in [-0.3, -0.25) is 5.01 Å². The average molecular weight is 405 g/mol. The van der Waals surface area contributed by atoms with Gasteiger partial charge in [0.25, 0.3) is 0 Å². The highest BCUT2D eigenvalue weighted by Gasteiger charge is 2.44. The first-order valence-corrected chi connectivity index (χ1v) is 9.51. The summed E-state index contributed by atoms with van der Waals surface area (Å²) in [6.45, 7) is 0.635. The Labute approximate surface area is 161 Å². The van der Waals surface area contributed by atoms with Crippen LogP contribution in [0, 0.1) is 5.92 Å². The summed E-state index contributed by atoms with van der Waals surface area (Å²) in [5.74, 6) is 1.14. The molecular weight excluding hydrogens is 388 g/mol. The summed E-state index contributed by atoms with van der Waals surface area (Å²) in [5, 5.41) is 7.21. The summed E-state index contributed by atoms with van der Waals surface area (Å²) in [6.07, 6.45) is 0. The topological polar surface area (TPSA) is 24.8 Å². The molecule has 0 fully saturated rings. The molecule has 2 unspecified atom stereocenters. The lowest BCUT2D eigenvalue weighted by Gasteiger charge is -2.33. The van der Waals surface area contributed by atoms with Gasteiger partial charge in [-0.1, -0.05) is 64.5 Å². The minimum atomic E-state index is 0.133. The zero-order chi connectivity index (χ0) is 17.5. The maximum Gasteiger partial charge on any atom is 0.124 e. The fraction of sp³-hybridized carbons (Fsp3) is 0.136. The van der Waals surface area contributed by atoms with E-state index in [2.05, 4.69) is 75.5 Å². The quantitative estimate of drug-likeness (QED) is 0.569. The second-order valence-electron chi connectivity index (χ2n) is 6.58. The molecule has 3 aromatic carbocycles. The van der Waals surface area contributed by atoms with Crippen LogP contribution in [-0.4, -0.2) is 12.3 Å². The third-order valence-electron chi connectivity index (χ3n) is 5.01. The first-order chi connectivity index (χ1) is 12.8. The molecule has 2 atom stereocenters. The van der Waals surface area contributed by atoms with Gasteiger partial charge in [0.1, 0.15) is 5.75 Å². The van der Waals surface area contributed by atoms with Crippen LogP contribution in [0.15, 0.2) is 88.4 Å². The third kappa shape index (κ3) is 2.53. The maximum atomic E-state index is 6.10. The summed E-state index contributed by atoms with van der Waals surface area (Å²) in [7, 11) is 0. The van der Waals surface area contributed by atoms with Crippen molar-refractivity contribution >= 4 is 27.3 Å². The van der Waals surface area contributed by atoms with E-state index in [-0.39, 0.29) is 12.0 Å². The van der Waals surface area contributed by atoms with E-state index in [0.29, 0.717) is 6.61 Å². The smallest absolute Gasteiger partial charge is 0.124 e. The Kier molecular flexibility index (Phi) is 3.79. The number of halogens is 1. The minimum Gasteiger partial charge on any atom is -0.492 e. The first-order valence-electron chi connectivity index (χ1n) is 8.72. The summed E-state index contributed by atoms with van der Waals surface area (Å²) in [4.78, 5) is 0. The predicted molar refractivity (Wildman–Crippen MR) is 108 cm³/mol. The van der Waals surface area contributed by atoms with Gasteiger partial charge in [0.15, 0.2) is 0 Å². The summed E-state index contributed by atoms with van der Waals surface area (Å²) in [5.41, 5.74) is 4.52. The number of hydrogen-bond donors (Lipinski definition) is 0. The number of rotatable bonds is 2. The van der Waals surface area contributed by atoms with Gasteiger partial charge in [-0.15, -0.1) is 0 Å². The van der Waals surface area contributed by atoms with Crippen LogP contribution in [0.5, 0.6) is 5.75 Å². The molecule has 0 saturated heterocycles. The Bertz CT molecular complexity index is 972. The highest BCUT2D eigenvalue weighted by Crippen LogP contribution is 2.47. The minimum absolute atomic E-state index is 0.133. The SMILES string of the molecule is Brc1ccc2c(c1)C1C(CO2)C(c2ccccc2)=NN1c1ccccc1. The van der Waals surface area contributed by atoms with Crippen LogP contribution < -0.4 is 9.75 Å². The zero-order valence-corrected chi connectivity index (χ0v) is 15.6. The number of hydrazone groups is 1. The molecule has 26 heavy (non-hydrogen) atoms. The molecule has 0 aromatic heterocycles. The van der Waals surface area contributed by atoms with E-state index in [1.807, 2.05) is 24.3 Å². The van der Waals surface area contributed by atoms with Crippen molar-refractivity contribution < 1.29 is 4.74 Å². The van der Waals surface area contributed by atoms with Gasteiger partial charge in [-0.05, 0) is 35.9 Å². The second-order valence-corrected chi connectivity index (χ2v) is 7.49. The lowest BCUT2D eigenvalue weighted by Crippen LogP contribution is -2.34. The molecule has 128 valence electrons. The van der Waals surface area contributed by atoms with Crippen molar-refractivity contribution in [2.24, 2.45) is 11.0 Å². The molecule has 5 rings (SSSR count). The van der Waals surface area contributed by atoms with E-state index < -0.39 is 0 Å². The lowest BCUT2D eigenvalue weighted by atomic mass is 9.85. The van der Waals surface area contributed by atoms with E-state index >= 15 is 0 Å². The Balaban J connectivity index is 1.67. The Hall–Kier alpha value is -2.59. The summed E-state index contributed by atoms with van der Waals surface area (Å²) in [6, 6.07) is 27.1. The van der Waals surface area contributed by atoms with E-state index in [4.69, 9.17) is 9.84 Å². The van der Waals surface area contributed by atoms with Gasteiger partial charge < -0.3 is 4.74 Å². The summed E-state index contributed by atoms with van der Waals surface area (Å²) < 4.78 is 7.16. The monoisotopic (exact) mass is 404 g/mol. The van der Waals surface area contributed by atoms with Crippen molar-refractivity contribution in [3.8, 4) is 5.75 Å². The van der Waals surface area contributed by atoms with Crippen LogP contribution in [-0.2, 0) is 0 Å². The molecule has 0 bridgehead atoms. The number of nitrogens with zero attached hydrogens (tertiary/aromatic N) is 2. The standard InChI is InChI=1S/C22H17BrN2O/c23-16-11-12-20-18(13-16)22-19(14-26-20)21(15-7-3-1-4-8-15)24-25(22)17-9-5-2-6-10-17/h1-13,19,22H,14H2. The van der Waals surface area contributed by atoms with Gasteiger partial charge >= 0.3 is 0 Å². The Morgan fingerprint density at radius 1 is 0.923 bits per heavy atom. The second kappa shape index (κ2) is 6.29. The van der Waals surface area contributed by atoms with Gasteiger partial charge in [0.2, 0.25) is 0 Å². The molecule has 4 heteroatoms. The number of fused-ring (bicyclic) bond motifs is 3. The number of benzene rings is 3. The molecule has 0 saturated carbocycles. The van der Waals surface area contributed by atoms with Crippen LogP contribution in [0.4, 0.5) is 5.69 Å². The molecule has 0 radical (unpaired) electrons. The predicted octanol–water partition coefficient (Wildman–Crippen LogP) is 5.42. The van der Waals surface area contributed by atoms with Crippen molar-refractivity contribution in [3.63, 3.8) is 0 Å². The van der Waals surface area contributed by atoms with Crippen molar-refractivity contribution in [1.82, 2.24) is 0 Å². The van der Waals surface area contributed by atoms with Gasteiger partial charge in [-0.2, -0.15) is 5.10 Å². The Morgan fingerprint density at radius 2 is 1.65 bits per heavy atom. The molecule has 0 amide bonds.